The number of rotatable bonds is 4. The smallest absolute Gasteiger partial charge is 0.137 e. The van der Waals surface area contributed by atoms with E-state index in [0.717, 1.165) is 28.2 Å². The molecule has 0 unspecified atom stereocenters. The Kier molecular flexibility index (Phi) is 3.53. The largest absolute Gasteiger partial charge is 0.489 e. The van der Waals surface area contributed by atoms with Crippen molar-refractivity contribution in [2.45, 2.75) is 6.61 Å². The van der Waals surface area contributed by atoms with Crippen LogP contribution in [0.2, 0.25) is 0 Å². The average Bonchev–Trinajstić information content (AvgIpc) is 3.05. The van der Waals surface area contributed by atoms with Gasteiger partial charge in [0.1, 0.15) is 18.0 Å². The van der Waals surface area contributed by atoms with Crippen LogP contribution in [0.15, 0.2) is 85.2 Å². The van der Waals surface area contributed by atoms with E-state index in [9.17, 15) is 0 Å². The Morgan fingerprint density at radius 2 is 1.61 bits per heavy atom. The number of hydrogen-bond acceptors (Lipinski definition) is 2. The lowest BCUT2D eigenvalue weighted by atomic mass is 10.1. The summed E-state index contributed by atoms with van der Waals surface area (Å²) in [6.07, 6.45) is 4.04. The standard InChI is InChI=1S/C20H16N2O/c1-2-6-16(7-3-1)15-23-18-11-9-17(10-12-18)19-14-22-13-5-4-8-20(22)21-19/h1-14H,15H2. The first kappa shape index (κ1) is 13.6. The second-order valence-corrected chi connectivity index (χ2v) is 5.39. The third kappa shape index (κ3) is 2.94. The van der Waals surface area contributed by atoms with Crippen LogP contribution in [0.1, 0.15) is 5.56 Å². The van der Waals surface area contributed by atoms with Crippen LogP contribution in [0.3, 0.4) is 0 Å². The fourth-order valence-corrected chi connectivity index (χ4v) is 2.54. The van der Waals surface area contributed by atoms with Gasteiger partial charge in [-0.05, 0) is 42.0 Å². The van der Waals surface area contributed by atoms with Crippen LogP contribution >= 0.6 is 0 Å². The van der Waals surface area contributed by atoms with E-state index in [4.69, 9.17) is 4.74 Å². The summed E-state index contributed by atoms with van der Waals surface area (Å²) in [6, 6.07) is 24.2. The minimum Gasteiger partial charge on any atom is -0.489 e. The maximum atomic E-state index is 5.82. The van der Waals surface area contributed by atoms with Crippen molar-refractivity contribution >= 4 is 5.65 Å². The molecule has 0 amide bonds. The van der Waals surface area contributed by atoms with Crippen molar-refractivity contribution < 1.29 is 4.74 Å². The van der Waals surface area contributed by atoms with Crippen molar-refractivity contribution in [1.29, 1.82) is 0 Å². The molecule has 0 radical (unpaired) electrons. The van der Waals surface area contributed by atoms with Gasteiger partial charge < -0.3 is 9.14 Å². The third-order valence-corrected chi connectivity index (χ3v) is 3.76. The van der Waals surface area contributed by atoms with Crippen LogP contribution in [0.4, 0.5) is 0 Å². The zero-order chi connectivity index (χ0) is 15.5. The summed E-state index contributed by atoms with van der Waals surface area (Å²) in [6.45, 7) is 0.578. The van der Waals surface area contributed by atoms with Crippen molar-refractivity contribution in [3.05, 3.63) is 90.8 Å². The molecule has 2 heterocycles. The lowest BCUT2D eigenvalue weighted by molar-refractivity contribution is 0.306. The number of benzene rings is 2. The number of imidazole rings is 1. The maximum absolute atomic E-state index is 5.82. The van der Waals surface area contributed by atoms with Crippen LogP contribution in [-0.2, 0) is 6.61 Å². The van der Waals surface area contributed by atoms with Gasteiger partial charge in [0, 0.05) is 18.0 Å². The summed E-state index contributed by atoms with van der Waals surface area (Å²) in [5.41, 5.74) is 4.16. The van der Waals surface area contributed by atoms with Crippen molar-refractivity contribution in [2.75, 3.05) is 0 Å². The first-order valence-corrected chi connectivity index (χ1v) is 7.59. The Morgan fingerprint density at radius 1 is 0.826 bits per heavy atom. The molecule has 0 N–H and O–H groups in total. The third-order valence-electron chi connectivity index (χ3n) is 3.76. The SMILES string of the molecule is c1ccc(COc2ccc(-c3cn4ccccc4n3)cc2)cc1. The minimum atomic E-state index is 0.578. The van der Waals surface area contributed by atoms with Crippen LogP contribution in [-0.4, -0.2) is 9.38 Å². The molecule has 0 saturated heterocycles. The lowest BCUT2D eigenvalue weighted by Gasteiger charge is -2.06. The molecular weight excluding hydrogens is 284 g/mol. The molecule has 4 aromatic rings. The topological polar surface area (TPSA) is 26.5 Å². The maximum Gasteiger partial charge on any atom is 0.137 e. The molecule has 3 heteroatoms. The summed E-state index contributed by atoms with van der Waals surface area (Å²) in [7, 11) is 0. The second kappa shape index (κ2) is 5.97. The highest BCUT2D eigenvalue weighted by Crippen LogP contribution is 2.22. The van der Waals surface area contributed by atoms with Gasteiger partial charge in [-0.15, -0.1) is 0 Å². The van der Waals surface area contributed by atoms with Gasteiger partial charge in [0.05, 0.1) is 5.69 Å². The summed E-state index contributed by atoms with van der Waals surface area (Å²) >= 11 is 0. The lowest BCUT2D eigenvalue weighted by Crippen LogP contribution is -1.94. The molecule has 2 aromatic heterocycles. The number of hydrogen-bond donors (Lipinski definition) is 0. The summed E-state index contributed by atoms with van der Waals surface area (Å²) in [5.74, 6) is 0.862. The molecule has 3 nitrogen and oxygen atoms in total. The Bertz CT molecular complexity index is 878. The monoisotopic (exact) mass is 300 g/mol. The molecule has 0 aliphatic heterocycles. The molecule has 0 atom stereocenters. The zero-order valence-corrected chi connectivity index (χ0v) is 12.6. The van der Waals surface area contributed by atoms with Crippen molar-refractivity contribution in [3.63, 3.8) is 0 Å². The van der Waals surface area contributed by atoms with Gasteiger partial charge in [-0.3, -0.25) is 0 Å². The molecule has 23 heavy (non-hydrogen) atoms. The number of nitrogens with zero attached hydrogens (tertiary/aromatic N) is 2. The van der Waals surface area contributed by atoms with Crippen LogP contribution in [0.5, 0.6) is 5.75 Å². The summed E-state index contributed by atoms with van der Waals surface area (Å²) < 4.78 is 7.84. The van der Waals surface area contributed by atoms with Gasteiger partial charge in [-0.1, -0.05) is 36.4 Å². The van der Waals surface area contributed by atoms with Crippen molar-refractivity contribution in [1.82, 2.24) is 9.38 Å². The fourth-order valence-electron chi connectivity index (χ4n) is 2.54. The van der Waals surface area contributed by atoms with E-state index >= 15 is 0 Å². The Labute approximate surface area is 134 Å². The summed E-state index contributed by atoms with van der Waals surface area (Å²) in [5, 5.41) is 0. The highest BCUT2D eigenvalue weighted by molar-refractivity contribution is 5.63. The number of ether oxygens (including phenoxy) is 1. The van der Waals surface area contributed by atoms with Crippen LogP contribution in [0, 0.1) is 0 Å². The normalized spacial score (nSPS) is 10.8. The Balaban J connectivity index is 1.51. The van der Waals surface area contributed by atoms with Crippen molar-refractivity contribution in [2.24, 2.45) is 0 Å². The first-order valence-electron chi connectivity index (χ1n) is 7.59. The number of pyridine rings is 1. The van der Waals surface area contributed by atoms with Gasteiger partial charge in [0.25, 0.3) is 0 Å². The molecule has 2 aromatic carbocycles. The Hall–Kier alpha value is -3.07. The van der Waals surface area contributed by atoms with E-state index in [1.165, 1.54) is 0 Å². The highest BCUT2D eigenvalue weighted by atomic mass is 16.5. The minimum absolute atomic E-state index is 0.578. The van der Waals surface area contributed by atoms with E-state index in [0.29, 0.717) is 6.61 Å². The molecule has 0 fully saturated rings. The number of fused-ring (bicyclic) bond motifs is 1. The second-order valence-electron chi connectivity index (χ2n) is 5.39. The van der Waals surface area contributed by atoms with E-state index < -0.39 is 0 Å². The predicted octanol–water partition coefficient (Wildman–Crippen LogP) is 4.58. The fraction of sp³-hybridized carbons (Fsp3) is 0.0500. The molecule has 0 saturated carbocycles. The van der Waals surface area contributed by atoms with E-state index in [1.54, 1.807) is 0 Å². The Morgan fingerprint density at radius 3 is 2.39 bits per heavy atom. The molecule has 0 spiro atoms. The summed E-state index contributed by atoms with van der Waals surface area (Å²) in [4.78, 5) is 4.63. The van der Waals surface area contributed by atoms with E-state index in [2.05, 4.69) is 17.1 Å². The van der Waals surface area contributed by atoms with Gasteiger partial charge in [-0.2, -0.15) is 0 Å². The zero-order valence-electron chi connectivity index (χ0n) is 12.6. The van der Waals surface area contributed by atoms with E-state index in [1.807, 2.05) is 77.5 Å². The van der Waals surface area contributed by atoms with Gasteiger partial charge >= 0.3 is 0 Å². The quantitative estimate of drug-likeness (QED) is 0.551. The molecule has 0 aliphatic rings. The predicted molar refractivity (Wildman–Crippen MR) is 91.4 cm³/mol. The van der Waals surface area contributed by atoms with Crippen LogP contribution in [0.25, 0.3) is 16.9 Å². The molecular formula is C20H16N2O. The van der Waals surface area contributed by atoms with Gasteiger partial charge in [-0.25, -0.2) is 4.98 Å². The highest BCUT2D eigenvalue weighted by Gasteiger charge is 2.04. The average molecular weight is 300 g/mol. The number of aromatic nitrogens is 2. The molecule has 0 aliphatic carbocycles. The van der Waals surface area contributed by atoms with Crippen LogP contribution < -0.4 is 4.74 Å². The van der Waals surface area contributed by atoms with Gasteiger partial charge in [0.2, 0.25) is 0 Å². The van der Waals surface area contributed by atoms with Gasteiger partial charge in [0.15, 0.2) is 0 Å². The van der Waals surface area contributed by atoms with E-state index in [-0.39, 0.29) is 0 Å². The van der Waals surface area contributed by atoms with Crippen molar-refractivity contribution in [3.8, 4) is 17.0 Å². The molecule has 4 rings (SSSR count). The first-order chi connectivity index (χ1) is 11.4. The molecule has 0 bridgehead atoms. The molecule has 112 valence electrons.